The molecule has 0 spiro atoms. The molecule has 5 heteroatoms. The van der Waals surface area contributed by atoms with Gasteiger partial charge in [-0.2, -0.15) is 5.10 Å². The van der Waals surface area contributed by atoms with Crippen LogP contribution in [0.5, 0.6) is 0 Å². The van der Waals surface area contributed by atoms with Gasteiger partial charge in [0, 0.05) is 18.6 Å². The lowest BCUT2D eigenvalue weighted by Gasteiger charge is -2.21. The first kappa shape index (κ1) is 13.4. The highest BCUT2D eigenvalue weighted by atomic mass is 15.3. The van der Waals surface area contributed by atoms with E-state index < -0.39 is 0 Å². The zero-order chi connectivity index (χ0) is 13.8. The van der Waals surface area contributed by atoms with E-state index >= 15 is 0 Å². The number of hydrogen-bond acceptors (Lipinski definition) is 3. The SMILES string of the molecule is CNCc1nccn1Cc1ccn(C2CCCCC2)n1. The van der Waals surface area contributed by atoms with Crippen molar-refractivity contribution in [3.63, 3.8) is 0 Å². The second-order valence-electron chi connectivity index (χ2n) is 5.58. The number of imidazole rings is 1. The lowest BCUT2D eigenvalue weighted by Crippen LogP contribution is -2.15. The fraction of sp³-hybridized carbons (Fsp3) is 0.600. The Kier molecular flexibility index (Phi) is 4.16. The van der Waals surface area contributed by atoms with E-state index in [9.17, 15) is 0 Å². The molecule has 2 aromatic rings. The van der Waals surface area contributed by atoms with Crippen LogP contribution in [0.4, 0.5) is 0 Å². The Morgan fingerprint density at radius 2 is 2.10 bits per heavy atom. The molecule has 0 aliphatic heterocycles. The van der Waals surface area contributed by atoms with Crippen LogP contribution < -0.4 is 5.32 Å². The van der Waals surface area contributed by atoms with Gasteiger partial charge in [-0.3, -0.25) is 4.68 Å². The van der Waals surface area contributed by atoms with E-state index in [1.165, 1.54) is 32.1 Å². The molecule has 1 N–H and O–H groups in total. The molecular weight excluding hydrogens is 250 g/mol. The molecular formula is C15H23N5. The minimum Gasteiger partial charge on any atom is -0.328 e. The molecule has 0 radical (unpaired) electrons. The van der Waals surface area contributed by atoms with Crippen LogP contribution in [0.1, 0.15) is 49.7 Å². The van der Waals surface area contributed by atoms with Crippen molar-refractivity contribution in [2.75, 3.05) is 7.05 Å². The van der Waals surface area contributed by atoms with Crippen LogP contribution in [0.15, 0.2) is 24.7 Å². The summed E-state index contributed by atoms with van der Waals surface area (Å²) in [6.45, 7) is 1.59. The van der Waals surface area contributed by atoms with Gasteiger partial charge in [0.25, 0.3) is 0 Å². The average molecular weight is 273 g/mol. The molecule has 0 unspecified atom stereocenters. The standard InChI is InChI=1S/C15H23N5/c1-16-11-15-17-8-10-19(15)12-13-7-9-20(18-13)14-5-3-2-4-6-14/h7-10,14,16H,2-6,11-12H2,1H3. The quantitative estimate of drug-likeness (QED) is 0.909. The zero-order valence-electron chi connectivity index (χ0n) is 12.1. The second kappa shape index (κ2) is 6.22. The van der Waals surface area contributed by atoms with Crippen LogP contribution >= 0.6 is 0 Å². The van der Waals surface area contributed by atoms with Gasteiger partial charge in [0.15, 0.2) is 0 Å². The molecule has 0 atom stereocenters. The Labute approximate surface area is 120 Å². The molecule has 1 fully saturated rings. The summed E-state index contributed by atoms with van der Waals surface area (Å²) in [5, 5.41) is 7.90. The summed E-state index contributed by atoms with van der Waals surface area (Å²) >= 11 is 0. The molecule has 0 saturated heterocycles. The van der Waals surface area contributed by atoms with E-state index in [1.807, 2.05) is 19.4 Å². The predicted octanol–water partition coefficient (Wildman–Crippen LogP) is 2.35. The highest BCUT2D eigenvalue weighted by molar-refractivity contribution is 5.04. The van der Waals surface area contributed by atoms with Gasteiger partial charge in [-0.05, 0) is 26.0 Å². The van der Waals surface area contributed by atoms with Gasteiger partial charge in [0.1, 0.15) is 5.82 Å². The summed E-state index contributed by atoms with van der Waals surface area (Å²) in [5.41, 5.74) is 1.12. The van der Waals surface area contributed by atoms with Crippen LogP contribution in [0.25, 0.3) is 0 Å². The molecule has 1 aliphatic rings. The minimum atomic E-state index is 0.608. The molecule has 1 aliphatic carbocycles. The second-order valence-corrected chi connectivity index (χ2v) is 5.58. The summed E-state index contributed by atoms with van der Waals surface area (Å²) < 4.78 is 4.33. The number of hydrogen-bond donors (Lipinski definition) is 1. The summed E-state index contributed by atoms with van der Waals surface area (Å²) in [7, 11) is 1.94. The maximum absolute atomic E-state index is 4.76. The largest absolute Gasteiger partial charge is 0.328 e. The first-order chi connectivity index (χ1) is 9.86. The van der Waals surface area contributed by atoms with Crippen molar-refractivity contribution in [1.82, 2.24) is 24.6 Å². The monoisotopic (exact) mass is 273 g/mol. The number of aromatic nitrogens is 4. The highest BCUT2D eigenvalue weighted by Crippen LogP contribution is 2.27. The molecule has 0 bridgehead atoms. The van der Waals surface area contributed by atoms with Crippen molar-refractivity contribution < 1.29 is 0 Å². The summed E-state index contributed by atoms with van der Waals surface area (Å²) in [6.07, 6.45) is 12.6. The Morgan fingerprint density at radius 1 is 1.25 bits per heavy atom. The highest BCUT2D eigenvalue weighted by Gasteiger charge is 2.16. The van der Waals surface area contributed by atoms with Crippen molar-refractivity contribution in [2.24, 2.45) is 0 Å². The van der Waals surface area contributed by atoms with Gasteiger partial charge < -0.3 is 9.88 Å². The molecule has 2 aromatic heterocycles. The average Bonchev–Trinajstić information content (AvgIpc) is 3.11. The number of nitrogens with zero attached hydrogens (tertiary/aromatic N) is 4. The lowest BCUT2D eigenvalue weighted by molar-refractivity contribution is 0.328. The van der Waals surface area contributed by atoms with Crippen molar-refractivity contribution >= 4 is 0 Å². The molecule has 20 heavy (non-hydrogen) atoms. The van der Waals surface area contributed by atoms with E-state index in [1.54, 1.807) is 0 Å². The maximum Gasteiger partial charge on any atom is 0.123 e. The fourth-order valence-electron chi connectivity index (χ4n) is 2.99. The molecule has 108 valence electrons. The minimum absolute atomic E-state index is 0.608. The Hall–Kier alpha value is -1.62. The van der Waals surface area contributed by atoms with Gasteiger partial charge >= 0.3 is 0 Å². The Bertz CT molecular complexity index is 536. The molecule has 0 aromatic carbocycles. The lowest BCUT2D eigenvalue weighted by atomic mass is 9.96. The van der Waals surface area contributed by atoms with Gasteiger partial charge in [-0.25, -0.2) is 4.98 Å². The molecule has 5 nitrogen and oxygen atoms in total. The van der Waals surface area contributed by atoms with Crippen LogP contribution in [-0.4, -0.2) is 26.4 Å². The van der Waals surface area contributed by atoms with Crippen molar-refractivity contribution in [3.8, 4) is 0 Å². The van der Waals surface area contributed by atoms with E-state index in [0.29, 0.717) is 6.04 Å². The topological polar surface area (TPSA) is 47.7 Å². The van der Waals surface area contributed by atoms with Gasteiger partial charge in [-0.15, -0.1) is 0 Å². The third-order valence-electron chi connectivity index (χ3n) is 4.08. The molecule has 2 heterocycles. The summed E-state index contributed by atoms with van der Waals surface area (Å²) in [6, 6.07) is 2.75. The van der Waals surface area contributed by atoms with Crippen molar-refractivity contribution in [3.05, 3.63) is 36.2 Å². The van der Waals surface area contributed by atoms with Crippen molar-refractivity contribution in [2.45, 2.75) is 51.2 Å². The van der Waals surface area contributed by atoms with E-state index in [2.05, 4.69) is 31.8 Å². The van der Waals surface area contributed by atoms with Gasteiger partial charge in [-0.1, -0.05) is 19.3 Å². The van der Waals surface area contributed by atoms with Crippen LogP contribution in [-0.2, 0) is 13.1 Å². The number of rotatable bonds is 5. The smallest absolute Gasteiger partial charge is 0.123 e. The van der Waals surface area contributed by atoms with Crippen LogP contribution in [0.3, 0.4) is 0 Å². The first-order valence-corrected chi connectivity index (χ1v) is 7.55. The first-order valence-electron chi connectivity index (χ1n) is 7.55. The maximum atomic E-state index is 4.76. The van der Waals surface area contributed by atoms with Crippen LogP contribution in [0.2, 0.25) is 0 Å². The molecule has 0 amide bonds. The summed E-state index contributed by atoms with van der Waals surface area (Å²) in [5.74, 6) is 1.06. The third-order valence-corrected chi connectivity index (χ3v) is 4.08. The Balaban J connectivity index is 1.68. The predicted molar refractivity (Wildman–Crippen MR) is 78.4 cm³/mol. The van der Waals surface area contributed by atoms with Crippen LogP contribution in [0, 0.1) is 0 Å². The van der Waals surface area contributed by atoms with Crippen molar-refractivity contribution in [1.29, 1.82) is 0 Å². The molecule has 3 rings (SSSR count). The number of nitrogens with one attached hydrogen (secondary N) is 1. The third kappa shape index (κ3) is 2.93. The van der Waals surface area contributed by atoms with E-state index in [4.69, 9.17) is 5.10 Å². The summed E-state index contributed by atoms with van der Waals surface area (Å²) in [4.78, 5) is 4.36. The molecule has 1 saturated carbocycles. The van der Waals surface area contributed by atoms with Gasteiger partial charge in [0.05, 0.1) is 24.8 Å². The van der Waals surface area contributed by atoms with Gasteiger partial charge in [0.2, 0.25) is 0 Å². The fourth-order valence-corrected chi connectivity index (χ4v) is 2.99. The zero-order valence-corrected chi connectivity index (χ0v) is 12.1. The van der Waals surface area contributed by atoms with E-state index in [-0.39, 0.29) is 0 Å². The Morgan fingerprint density at radius 3 is 2.90 bits per heavy atom. The van der Waals surface area contributed by atoms with E-state index in [0.717, 1.165) is 24.6 Å². The normalized spacial score (nSPS) is 16.6.